The second-order valence-corrected chi connectivity index (χ2v) is 16.9. The Morgan fingerprint density at radius 1 is 1.17 bits per heavy atom. The first-order chi connectivity index (χ1) is 13.6. The summed E-state index contributed by atoms with van der Waals surface area (Å²) < 4.78 is 6.93. The lowest BCUT2D eigenvalue weighted by Crippen LogP contribution is -2.45. The van der Waals surface area contributed by atoms with Crippen LogP contribution in [0.1, 0.15) is 76.8 Å². The summed E-state index contributed by atoms with van der Waals surface area (Å²) in [5.41, 5.74) is 5.32. The molecule has 3 aliphatic carbocycles. The average Bonchev–Trinajstić information content (AvgIpc) is 2.97. The molecular formula is C26H39BrOSi. The number of fused-ring (bicyclic) bond motifs is 5. The van der Waals surface area contributed by atoms with Gasteiger partial charge in [-0.2, -0.15) is 0 Å². The highest BCUT2D eigenvalue weighted by atomic mass is 79.9. The largest absolute Gasteiger partial charge is 0.543 e. The molecule has 0 saturated heterocycles. The third-order valence-electron chi connectivity index (χ3n) is 9.05. The standard InChI is InChI=1S/C26H39BrOSi/c1-25(2,3)29(5,6)28-23-9-7-8-18-10-12-20-21(24(18)23)14-16-26(4)19(15-17-27)11-13-22(20)26/h7-9,15,20-22H,10-14,16-17H2,1-6H3/b19-15+/t20-,21+,22+,26-/m1/s1. The van der Waals surface area contributed by atoms with Crippen molar-refractivity contribution in [2.75, 3.05) is 5.33 Å². The first-order valence-corrected chi connectivity index (χ1v) is 15.7. The number of hydrogen-bond donors (Lipinski definition) is 0. The van der Waals surface area contributed by atoms with Gasteiger partial charge < -0.3 is 4.43 Å². The zero-order valence-corrected chi connectivity index (χ0v) is 21.9. The maximum Gasteiger partial charge on any atom is 0.250 e. The molecule has 0 heterocycles. The summed E-state index contributed by atoms with van der Waals surface area (Å²) in [5, 5.41) is 1.24. The molecule has 4 rings (SSSR count). The topological polar surface area (TPSA) is 9.23 Å². The molecular weight excluding hydrogens is 436 g/mol. The summed E-state index contributed by atoms with van der Waals surface area (Å²) in [5.74, 6) is 3.59. The molecule has 1 aromatic carbocycles. The van der Waals surface area contributed by atoms with Crippen molar-refractivity contribution < 1.29 is 4.43 Å². The van der Waals surface area contributed by atoms with Gasteiger partial charge in [0, 0.05) is 5.33 Å². The number of allylic oxidation sites excluding steroid dienone is 2. The molecule has 0 bridgehead atoms. The van der Waals surface area contributed by atoms with Crippen molar-refractivity contribution in [3.8, 4) is 5.75 Å². The molecule has 0 N–H and O–H groups in total. The lowest BCUT2D eigenvalue weighted by molar-refractivity contribution is 0.0805. The van der Waals surface area contributed by atoms with Crippen LogP contribution in [0.3, 0.4) is 0 Å². The zero-order chi connectivity index (χ0) is 21.0. The first kappa shape index (κ1) is 21.7. The van der Waals surface area contributed by atoms with Gasteiger partial charge >= 0.3 is 0 Å². The van der Waals surface area contributed by atoms with E-state index in [2.05, 4.69) is 81.0 Å². The van der Waals surface area contributed by atoms with Crippen LogP contribution in [-0.4, -0.2) is 13.6 Å². The molecule has 0 unspecified atom stereocenters. The van der Waals surface area contributed by atoms with Gasteiger partial charge in [-0.1, -0.05) is 67.4 Å². The molecule has 1 nitrogen and oxygen atoms in total. The number of hydrogen-bond acceptors (Lipinski definition) is 1. The number of aryl methyl sites for hydroxylation is 1. The molecule has 4 atom stereocenters. The van der Waals surface area contributed by atoms with Gasteiger partial charge in [-0.25, -0.2) is 0 Å². The molecule has 29 heavy (non-hydrogen) atoms. The van der Waals surface area contributed by atoms with Crippen molar-refractivity contribution >= 4 is 24.2 Å². The predicted octanol–water partition coefficient (Wildman–Crippen LogP) is 8.25. The van der Waals surface area contributed by atoms with E-state index in [1.165, 1.54) is 44.3 Å². The van der Waals surface area contributed by atoms with E-state index in [0.29, 0.717) is 11.3 Å². The Morgan fingerprint density at radius 2 is 1.93 bits per heavy atom. The van der Waals surface area contributed by atoms with E-state index in [1.807, 2.05) is 0 Å². The van der Waals surface area contributed by atoms with Crippen LogP contribution < -0.4 is 4.43 Å². The van der Waals surface area contributed by atoms with Crippen LogP contribution in [0.5, 0.6) is 5.75 Å². The fraction of sp³-hybridized carbons (Fsp3) is 0.692. The molecule has 0 aliphatic heterocycles. The Bertz CT molecular complexity index is 805. The fourth-order valence-electron chi connectivity index (χ4n) is 6.39. The van der Waals surface area contributed by atoms with Crippen molar-refractivity contribution in [2.24, 2.45) is 17.3 Å². The summed E-state index contributed by atoms with van der Waals surface area (Å²) in [7, 11) is -1.84. The molecule has 1 aromatic rings. The SMILES string of the molecule is CC(C)(C)[Si](C)(C)Oc1cccc2c1[C@H]1CC[C@]3(C)/C(=C/CBr)CC[C@H]3[C@@H]1CC2. The highest BCUT2D eigenvalue weighted by Gasteiger charge is 2.53. The normalized spacial score (nSPS) is 33.2. The van der Waals surface area contributed by atoms with Crippen molar-refractivity contribution in [1.82, 2.24) is 0 Å². The molecule has 3 heteroatoms. The van der Waals surface area contributed by atoms with Gasteiger partial charge in [0.25, 0.3) is 0 Å². The van der Waals surface area contributed by atoms with Crippen LogP contribution in [0.15, 0.2) is 29.8 Å². The molecule has 2 fully saturated rings. The van der Waals surface area contributed by atoms with Gasteiger partial charge in [0.1, 0.15) is 5.75 Å². The van der Waals surface area contributed by atoms with Gasteiger partial charge in [-0.3, -0.25) is 0 Å². The average molecular weight is 476 g/mol. The van der Waals surface area contributed by atoms with Crippen LogP contribution in [-0.2, 0) is 6.42 Å². The van der Waals surface area contributed by atoms with Crippen LogP contribution >= 0.6 is 15.9 Å². The van der Waals surface area contributed by atoms with E-state index >= 15 is 0 Å². The fourth-order valence-corrected chi connectivity index (χ4v) is 7.82. The minimum atomic E-state index is -1.84. The third-order valence-corrected chi connectivity index (χ3v) is 13.7. The maximum atomic E-state index is 6.93. The van der Waals surface area contributed by atoms with Gasteiger partial charge in [0.05, 0.1) is 0 Å². The minimum Gasteiger partial charge on any atom is -0.543 e. The number of rotatable bonds is 3. The third kappa shape index (κ3) is 3.58. The van der Waals surface area contributed by atoms with Crippen LogP contribution in [0.25, 0.3) is 0 Å². The van der Waals surface area contributed by atoms with Crippen molar-refractivity contribution in [1.29, 1.82) is 0 Å². The van der Waals surface area contributed by atoms with Gasteiger partial charge in [0.2, 0.25) is 8.32 Å². The molecule has 0 radical (unpaired) electrons. The second-order valence-electron chi connectivity index (χ2n) is 11.5. The van der Waals surface area contributed by atoms with Crippen molar-refractivity contribution in [3.63, 3.8) is 0 Å². The summed E-state index contributed by atoms with van der Waals surface area (Å²) >= 11 is 3.65. The number of benzene rings is 1. The molecule has 0 amide bonds. The lowest BCUT2D eigenvalue weighted by atomic mass is 9.55. The summed E-state index contributed by atoms with van der Waals surface area (Å²) in [6.45, 7) is 14.4. The van der Waals surface area contributed by atoms with Gasteiger partial charge in [0.15, 0.2) is 0 Å². The van der Waals surface area contributed by atoms with Crippen LogP contribution in [0.2, 0.25) is 18.1 Å². The van der Waals surface area contributed by atoms with Crippen LogP contribution in [0.4, 0.5) is 0 Å². The van der Waals surface area contributed by atoms with E-state index in [1.54, 1.807) is 16.7 Å². The molecule has 3 aliphatic rings. The van der Waals surface area contributed by atoms with Crippen molar-refractivity contribution in [2.45, 2.75) is 90.3 Å². The monoisotopic (exact) mass is 474 g/mol. The summed E-state index contributed by atoms with van der Waals surface area (Å²) in [6.07, 6.45) is 10.4. The van der Waals surface area contributed by atoms with E-state index < -0.39 is 8.32 Å². The molecule has 0 spiro atoms. The maximum absolute atomic E-state index is 6.93. The quantitative estimate of drug-likeness (QED) is 0.243. The smallest absolute Gasteiger partial charge is 0.250 e. The first-order valence-electron chi connectivity index (χ1n) is 11.6. The van der Waals surface area contributed by atoms with Gasteiger partial charge in [-0.05, 0) is 97.0 Å². The highest BCUT2D eigenvalue weighted by Crippen LogP contribution is 2.63. The minimum absolute atomic E-state index is 0.232. The molecule has 0 aromatic heterocycles. The van der Waals surface area contributed by atoms with E-state index in [0.717, 1.165) is 17.2 Å². The second kappa shape index (κ2) is 7.55. The Morgan fingerprint density at radius 3 is 2.62 bits per heavy atom. The lowest BCUT2D eigenvalue weighted by Gasteiger charge is -2.50. The molecule has 2 saturated carbocycles. The Balaban J connectivity index is 1.69. The number of alkyl halides is 1. The molecule has 160 valence electrons. The number of halogens is 1. The predicted molar refractivity (Wildman–Crippen MR) is 131 cm³/mol. The Labute approximate surface area is 188 Å². The highest BCUT2D eigenvalue weighted by molar-refractivity contribution is 9.09. The van der Waals surface area contributed by atoms with E-state index in [9.17, 15) is 0 Å². The van der Waals surface area contributed by atoms with Gasteiger partial charge in [-0.15, -0.1) is 0 Å². The summed E-state index contributed by atoms with van der Waals surface area (Å²) in [4.78, 5) is 0. The van der Waals surface area contributed by atoms with E-state index in [4.69, 9.17) is 4.43 Å². The van der Waals surface area contributed by atoms with Crippen LogP contribution in [0, 0.1) is 17.3 Å². The van der Waals surface area contributed by atoms with Crippen molar-refractivity contribution in [3.05, 3.63) is 41.0 Å². The Hall–Kier alpha value is -0.543. The summed E-state index contributed by atoms with van der Waals surface area (Å²) in [6, 6.07) is 6.89. The van der Waals surface area contributed by atoms with E-state index in [-0.39, 0.29) is 5.04 Å². The zero-order valence-electron chi connectivity index (χ0n) is 19.3. The Kier molecular flexibility index (Phi) is 5.64.